The third kappa shape index (κ3) is 4.57. The Kier molecular flexibility index (Phi) is 5.78. The second kappa shape index (κ2) is 7.17. The first-order valence-electron chi connectivity index (χ1n) is 5.93. The maximum absolute atomic E-state index is 4.02. The Hall–Kier alpha value is -1.16. The summed E-state index contributed by atoms with van der Waals surface area (Å²) in [4.78, 5) is 0. The first kappa shape index (κ1) is 12.9. The van der Waals surface area contributed by atoms with Gasteiger partial charge in [-0.05, 0) is 25.3 Å². The van der Waals surface area contributed by atoms with E-state index in [1.54, 1.807) is 4.68 Å². The highest BCUT2D eigenvalue weighted by Gasteiger charge is 2.03. The third-order valence-corrected chi connectivity index (χ3v) is 2.76. The summed E-state index contributed by atoms with van der Waals surface area (Å²) >= 11 is 0. The summed E-state index contributed by atoms with van der Waals surface area (Å²) in [5.41, 5.74) is 0.999. The summed E-state index contributed by atoms with van der Waals surface area (Å²) in [5, 5.41) is 11.3. The van der Waals surface area contributed by atoms with Gasteiger partial charge in [0.1, 0.15) is 0 Å². The number of nitrogens with one attached hydrogen (secondary N) is 1. The summed E-state index contributed by atoms with van der Waals surface area (Å²) in [6.07, 6.45) is 7.48. The predicted molar refractivity (Wildman–Crippen MR) is 65.9 cm³/mol. The van der Waals surface area contributed by atoms with Gasteiger partial charge < -0.3 is 5.32 Å². The zero-order valence-electron chi connectivity index (χ0n) is 10.3. The fraction of sp³-hybridized carbons (Fsp3) is 0.667. The van der Waals surface area contributed by atoms with E-state index in [2.05, 4.69) is 29.1 Å². The fourth-order valence-corrected chi connectivity index (χ4v) is 1.72. The van der Waals surface area contributed by atoms with Gasteiger partial charge in [0.05, 0.1) is 5.69 Å². The molecule has 0 amide bonds. The predicted octanol–water partition coefficient (Wildman–Crippen LogP) is 1.90. The summed E-state index contributed by atoms with van der Waals surface area (Å²) in [5.74, 6) is 0.756. The molecule has 1 atom stereocenters. The van der Waals surface area contributed by atoms with Gasteiger partial charge in [-0.3, -0.25) is 4.68 Å². The second-order valence-corrected chi connectivity index (χ2v) is 4.15. The Morgan fingerprint density at radius 1 is 1.62 bits per heavy atom. The molecule has 0 aliphatic heterocycles. The van der Waals surface area contributed by atoms with E-state index in [0.717, 1.165) is 31.1 Å². The molecule has 1 rings (SSSR count). The van der Waals surface area contributed by atoms with Gasteiger partial charge >= 0.3 is 0 Å². The molecular weight excluding hydrogens is 200 g/mol. The lowest BCUT2D eigenvalue weighted by molar-refractivity contribution is 0.455. The Bertz CT molecular complexity index is 306. The van der Waals surface area contributed by atoms with Crippen LogP contribution in [0.15, 0.2) is 18.9 Å². The van der Waals surface area contributed by atoms with Gasteiger partial charge in [0.2, 0.25) is 0 Å². The van der Waals surface area contributed by atoms with E-state index in [1.807, 2.05) is 19.3 Å². The van der Waals surface area contributed by atoms with Crippen LogP contribution in [0.25, 0.3) is 0 Å². The first-order valence-corrected chi connectivity index (χ1v) is 5.93. The summed E-state index contributed by atoms with van der Waals surface area (Å²) in [6, 6.07) is 0. The Labute approximate surface area is 97.7 Å². The largest absolute Gasteiger partial charge is 0.311 e. The molecule has 16 heavy (non-hydrogen) atoms. The van der Waals surface area contributed by atoms with Gasteiger partial charge in [-0.25, -0.2) is 0 Å². The molecule has 1 aromatic rings. The molecule has 4 heteroatoms. The van der Waals surface area contributed by atoms with Crippen LogP contribution in [0.2, 0.25) is 0 Å². The third-order valence-electron chi connectivity index (χ3n) is 2.76. The quantitative estimate of drug-likeness (QED) is 0.539. The monoisotopic (exact) mass is 222 g/mol. The number of allylic oxidation sites excluding steroid dienone is 1. The normalized spacial score (nSPS) is 12.6. The summed E-state index contributed by atoms with van der Waals surface area (Å²) in [6.45, 7) is 7.85. The number of nitrogens with zero attached hydrogens (tertiary/aromatic N) is 3. The van der Waals surface area contributed by atoms with Crippen molar-refractivity contribution in [2.75, 3.05) is 6.54 Å². The van der Waals surface area contributed by atoms with E-state index < -0.39 is 0 Å². The Balaban J connectivity index is 2.13. The molecule has 0 aliphatic rings. The van der Waals surface area contributed by atoms with Crippen molar-refractivity contribution in [3.8, 4) is 0 Å². The Morgan fingerprint density at radius 3 is 3.00 bits per heavy atom. The van der Waals surface area contributed by atoms with Crippen LogP contribution in [0.5, 0.6) is 0 Å². The molecule has 1 aromatic heterocycles. The molecular formula is C12H22N4. The fourth-order valence-electron chi connectivity index (χ4n) is 1.72. The molecule has 0 saturated heterocycles. The number of aromatic nitrogens is 3. The van der Waals surface area contributed by atoms with Crippen LogP contribution in [0.4, 0.5) is 0 Å². The smallest absolute Gasteiger partial charge is 0.0964 e. The number of aryl methyl sites for hydroxylation is 1. The zero-order valence-corrected chi connectivity index (χ0v) is 10.3. The summed E-state index contributed by atoms with van der Waals surface area (Å²) < 4.78 is 1.73. The minimum atomic E-state index is 0.756. The number of hydrogen-bond acceptors (Lipinski definition) is 3. The standard InChI is InChI=1S/C12H22N4/c1-4-6-11(5-2)7-8-13-9-12-10-16(3)15-14-12/h4,10-11,13H,1,5-9H2,2-3H3. The molecule has 90 valence electrons. The SMILES string of the molecule is C=CCC(CC)CCNCc1cn(C)nn1. The van der Waals surface area contributed by atoms with Gasteiger partial charge in [-0.1, -0.05) is 24.6 Å². The van der Waals surface area contributed by atoms with Gasteiger partial charge in [-0.15, -0.1) is 11.7 Å². The topological polar surface area (TPSA) is 42.7 Å². The van der Waals surface area contributed by atoms with Crippen molar-refractivity contribution in [2.45, 2.75) is 32.7 Å². The first-order chi connectivity index (χ1) is 7.76. The van der Waals surface area contributed by atoms with Crippen molar-refractivity contribution in [1.29, 1.82) is 0 Å². The molecule has 4 nitrogen and oxygen atoms in total. The second-order valence-electron chi connectivity index (χ2n) is 4.15. The van der Waals surface area contributed by atoms with E-state index in [-0.39, 0.29) is 0 Å². The lowest BCUT2D eigenvalue weighted by atomic mass is 9.99. The van der Waals surface area contributed by atoms with Crippen molar-refractivity contribution >= 4 is 0 Å². The molecule has 0 spiro atoms. The molecule has 0 aromatic carbocycles. The van der Waals surface area contributed by atoms with Crippen LogP contribution >= 0.6 is 0 Å². The van der Waals surface area contributed by atoms with E-state index >= 15 is 0 Å². The Morgan fingerprint density at radius 2 is 2.44 bits per heavy atom. The van der Waals surface area contributed by atoms with Crippen LogP contribution in [0, 0.1) is 5.92 Å². The van der Waals surface area contributed by atoms with Crippen LogP contribution in [0.3, 0.4) is 0 Å². The minimum absolute atomic E-state index is 0.756. The highest BCUT2D eigenvalue weighted by atomic mass is 15.4. The van der Waals surface area contributed by atoms with Crippen LogP contribution in [-0.2, 0) is 13.6 Å². The van der Waals surface area contributed by atoms with Crippen molar-refractivity contribution in [2.24, 2.45) is 13.0 Å². The lowest BCUT2D eigenvalue weighted by Gasteiger charge is -2.12. The molecule has 0 bridgehead atoms. The van der Waals surface area contributed by atoms with E-state index in [4.69, 9.17) is 0 Å². The molecule has 0 fully saturated rings. The lowest BCUT2D eigenvalue weighted by Crippen LogP contribution is -2.17. The maximum atomic E-state index is 4.02. The number of rotatable bonds is 8. The van der Waals surface area contributed by atoms with Crippen molar-refractivity contribution in [3.63, 3.8) is 0 Å². The molecule has 0 saturated carbocycles. The van der Waals surface area contributed by atoms with Gasteiger partial charge in [0, 0.05) is 19.8 Å². The molecule has 0 aliphatic carbocycles. The van der Waals surface area contributed by atoms with E-state index in [1.165, 1.54) is 12.8 Å². The van der Waals surface area contributed by atoms with Gasteiger partial charge in [-0.2, -0.15) is 0 Å². The molecule has 1 N–H and O–H groups in total. The van der Waals surface area contributed by atoms with Crippen LogP contribution in [-0.4, -0.2) is 21.5 Å². The maximum Gasteiger partial charge on any atom is 0.0964 e. The molecule has 1 unspecified atom stereocenters. The minimum Gasteiger partial charge on any atom is -0.311 e. The van der Waals surface area contributed by atoms with Crippen molar-refractivity contribution in [1.82, 2.24) is 20.3 Å². The van der Waals surface area contributed by atoms with Crippen molar-refractivity contribution in [3.05, 3.63) is 24.5 Å². The van der Waals surface area contributed by atoms with Crippen LogP contribution < -0.4 is 5.32 Å². The summed E-state index contributed by atoms with van der Waals surface area (Å²) in [7, 11) is 1.88. The highest BCUT2D eigenvalue weighted by Crippen LogP contribution is 2.12. The van der Waals surface area contributed by atoms with E-state index in [9.17, 15) is 0 Å². The van der Waals surface area contributed by atoms with Gasteiger partial charge in [0.15, 0.2) is 0 Å². The number of hydrogen-bond donors (Lipinski definition) is 1. The highest BCUT2D eigenvalue weighted by molar-refractivity contribution is 4.90. The zero-order chi connectivity index (χ0) is 11.8. The molecule has 1 heterocycles. The average molecular weight is 222 g/mol. The van der Waals surface area contributed by atoms with E-state index in [0.29, 0.717) is 0 Å². The van der Waals surface area contributed by atoms with Crippen molar-refractivity contribution < 1.29 is 0 Å². The van der Waals surface area contributed by atoms with Gasteiger partial charge in [0.25, 0.3) is 0 Å². The average Bonchev–Trinajstić information content (AvgIpc) is 2.69. The van der Waals surface area contributed by atoms with Crippen LogP contribution in [0.1, 0.15) is 31.9 Å². The molecule has 0 radical (unpaired) electrons.